The first kappa shape index (κ1) is 18.5. The summed E-state index contributed by atoms with van der Waals surface area (Å²) in [7, 11) is 0. The maximum atomic E-state index is 12.7. The zero-order chi connectivity index (χ0) is 18.1. The number of carbonyl (C=O) groups excluding carboxylic acids is 2. The predicted molar refractivity (Wildman–Crippen MR) is 97.1 cm³/mol. The van der Waals surface area contributed by atoms with Crippen LogP contribution in [-0.4, -0.2) is 35.9 Å². The normalized spacial score (nSPS) is 11.4. The summed E-state index contributed by atoms with van der Waals surface area (Å²) < 4.78 is 5.55. The van der Waals surface area contributed by atoms with E-state index >= 15 is 0 Å². The smallest absolute Gasteiger partial charge is 0.261 e. The van der Waals surface area contributed by atoms with Gasteiger partial charge in [-0.1, -0.05) is 48.5 Å². The Morgan fingerprint density at radius 1 is 1.04 bits per heavy atom. The molecule has 25 heavy (non-hydrogen) atoms. The third-order valence-corrected chi connectivity index (χ3v) is 3.82. The molecule has 5 heteroatoms. The molecular formula is C20H24N2O3. The highest BCUT2D eigenvalue weighted by Gasteiger charge is 2.26. The fourth-order valence-electron chi connectivity index (χ4n) is 2.43. The summed E-state index contributed by atoms with van der Waals surface area (Å²) in [6, 6.07) is 18.2. The van der Waals surface area contributed by atoms with E-state index in [4.69, 9.17) is 4.74 Å². The Bertz CT molecular complexity index is 674. The molecule has 0 fully saturated rings. The van der Waals surface area contributed by atoms with Gasteiger partial charge in [-0.15, -0.1) is 0 Å². The van der Waals surface area contributed by atoms with Crippen molar-refractivity contribution < 1.29 is 14.3 Å². The number of hydrogen-bond acceptors (Lipinski definition) is 3. The Hall–Kier alpha value is -2.82. The molecule has 132 valence electrons. The Morgan fingerprint density at radius 2 is 1.64 bits per heavy atom. The van der Waals surface area contributed by atoms with Crippen molar-refractivity contribution in [2.24, 2.45) is 0 Å². The molecule has 0 saturated carbocycles. The van der Waals surface area contributed by atoms with Crippen LogP contribution in [0.1, 0.15) is 19.4 Å². The molecule has 0 aromatic heterocycles. The van der Waals surface area contributed by atoms with Crippen LogP contribution in [0.5, 0.6) is 5.75 Å². The quantitative estimate of drug-likeness (QED) is 0.804. The number of nitrogens with zero attached hydrogens (tertiary/aromatic N) is 1. The highest BCUT2D eigenvalue weighted by molar-refractivity contribution is 5.87. The molecule has 0 radical (unpaired) electrons. The zero-order valence-electron chi connectivity index (χ0n) is 14.6. The number of amides is 2. The molecule has 2 rings (SSSR count). The molecule has 0 saturated heterocycles. The Labute approximate surface area is 148 Å². The van der Waals surface area contributed by atoms with Gasteiger partial charge < -0.3 is 15.0 Å². The summed E-state index contributed by atoms with van der Waals surface area (Å²) in [5, 5.41) is 2.77. The molecule has 5 nitrogen and oxygen atoms in total. The second kappa shape index (κ2) is 9.47. The monoisotopic (exact) mass is 340 g/mol. The molecule has 0 heterocycles. The van der Waals surface area contributed by atoms with E-state index in [0.717, 1.165) is 5.56 Å². The van der Waals surface area contributed by atoms with Gasteiger partial charge in [0.05, 0.1) is 0 Å². The SMILES string of the molecule is CCNC(=O)C(C)N(Cc1ccccc1)C(=O)COc1ccccc1. The number of hydrogen-bond donors (Lipinski definition) is 1. The van der Waals surface area contributed by atoms with Crippen molar-refractivity contribution in [1.82, 2.24) is 10.2 Å². The Balaban J connectivity index is 2.09. The van der Waals surface area contributed by atoms with E-state index < -0.39 is 6.04 Å². The van der Waals surface area contributed by atoms with Crippen molar-refractivity contribution >= 4 is 11.8 Å². The van der Waals surface area contributed by atoms with Crippen molar-refractivity contribution in [3.05, 3.63) is 66.2 Å². The topological polar surface area (TPSA) is 58.6 Å². The Morgan fingerprint density at radius 3 is 2.24 bits per heavy atom. The average Bonchev–Trinajstić information content (AvgIpc) is 2.65. The summed E-state index contributed by atoms with van der Waals surface area (Å²) in [5.74, 6) is 0.221. The fraction of sp³-hybridized carbons (Fsp3) is 0.300. The third kappa shape index (κ3) is 5.64. The van der Waals surface area contributed by atoms with Gasteiger partial charge in [-0.25, -0.2) is 0 Å². The molecule has 0 aliphatic carbocycles. The van der Waals surface area contributed by atoms with Gasteiger partial charge in [-0.2, -0.15) is 0 Å². The number of benzene rings is 2. The van der Waals surface area contributed by atoms with Crippen LogP contribution in [0.25, 0.3) is 0 Å². The molecule has 0 aliphatic rings. The second-order valence-electron chi connectivity index (χ2n) is 5.68. The summed E-state index contributed by atoms with van der Waals surface area (Å²) in [6.07, 6.45) is 0. The number of carbonyl (C=O) groups is 2. The van der Waals surface area contributed by atoms with Crippen LogP contribution in [-0.2, 0) is 16.1 Å². The second-order valence-corrected chi connectivity index (χ2v) is 5.68. The average molecular weight is 340 g/mol. The molecule has 0 bridgehead atoms. The molecule has 2 amide bonds. The predicted octanol–water partition coefficient (Wildman–Crippen LogP) is 2.62. The van der Waals surface area contributed by atoms with E-state index in [1.165, 1.54) is 0 Å². The maximum Gasteiger partial charge on any atom is 0.261 e. The summed E-state index contributed by atoms with van der Waals surface area (Å²) in [4.78, 5) is 26.4. The maximum absolute atomic E-state index is 12.7. The van der Waals surface area contributed by atoms with Crippen molar-refractivity contribution in [1.29, 1.82) is 0 Å². The number of rotatable bonds is 8. The van der Waals surface area contributed by atoms with E-state index in [1.54, 1.807) is 24.0 Å². The van der Waals surface area contributed by atoms with Gasteiger partial charge in [0.15, 0.2) is 6.61 Å². The molecule has 2 aromatic rings. The molecule has 1 unspecified atom stereocenters. The molecule has 0 spiro atoms. The number of nitrogens with one attached hydrogen (secondary N) is 1. The van der Waals surface area contributed by atoms with Gasteiger partial charge in [-0.05, 0) is 31.5 Å². The molecular weight excluding hydrogens is 316 g/mol. The van der Waals surface area contributed by atoms with Gasteiger partial charge in [0.2, 0.25) is 5.91 Å². The minimum Gasteiger partial charge on any atom is -0.484 e. The highest BCUT2D eigenvalue weighted by Crippen LogP contribution is 2.12. The van der Waals surface area contributed by atoms with Gasteiger partial charge in [-0.3, -0.25) is 9.59 Å². The van der Waals surface area contributed by atoms with Gasteiger partial charge >= 0.3 is 0 Å². The van der Waals surface area contributed by atoms with Gasteiger partial charge in [0, 0.05) is 13.1 Å². The van der Waals surface area contributed by atoms with Crippen LogP contribution >= 0.6 is 0 Å². The van der Waals surface area contributed by atoms with Crippen molar-refractivity contribution in [2.75, 3.05) is 13.2 Å². The third-order valence-electron chi connectivity index (χ3n) is 3.82. The van der Waals surface area contributed by atoms with E-state index in [9.17, 15) is 9.59 Å². The molecule has 2 aromatic carbocycles. The van der Waals surface area contributed by atoms with Gasteiger partial charge in [0.1, 0.15) is 11.8 Å². The van der Waals surface area contributed by atoms with Gasteiger partial charge in [0.25, 0.3) is 5.91 Å². The number of likely N-dealkylation sites (N-methyl/N-ethyl adjacent to an activating group) is 1. The van der Waals surface area contributed by atoms with Crippen molar-refractivity contribution in [2.45, 2.75) is 26.4 Å². The van der Waals surface area contributed by atoms with Crippen LogP contribution in [0, 0.1) is 0 Å². The standard InChI is InChI=1S/C20H24N2O3/c1-3-21-20(24)16(2)22(14-17-10-6-4-7-11-17)19(23)15-25-18-12-8-5-9-13-18/h4-13,16H,3,14-15H2,1-2H3,(H,21,24). The molecule has 1 N–H and O–H groups in total. The summed E-state index contributed by atoms with van der Waals surface area (Å²) in [6.45, 7) is 4.36. The van der Waals surface area contributed by atoms with E-state index in [-0.39, 0.29) is 18.4 Å². The minimum absolute atomic E-state index is 0.111. The van der Waals surface area contributed by atoms with E-state index in [1.807, 2.05) is 55.5 Å². The zero-order valence-corrected chi connectivity index (χ0v) is 14.6. The van der Waals surface area contributed by atoms with E-state index in [2.05, 4.69) is 5.32 Å². The first-order valence-corrected chi connectivity index (χ1v) is 8.40. The van der Waals surface area contributed by atoms with Crippen molar-refractivity contribution in [3.8, 4) is 5.75 Å². The lowest BCUT2D eigenvalue weighted by Crippen LogP contribution is -2.49. The summed E-state index contributed by atoms with van der Waals surface area (Å²) in [5.41, 5.74) is 0.965. The fourth-order valence-corrected chi connectivity index (χ4v) is 2.43. The lowest BCUT2D eigenvalue weighted by molar-refractivity contribution is -0.142. The minimum atomic E-state index is -0.577. The largest absolute Gasteiger partial charge is 0.484 e. The van der Waals surface area contributed by atoms with Crippen molar-refractivity contribution in [3.63, 3.8) is 0 Å². The van der Waals surface area contributed by atoms with E-state index in [0.29, 0.717) is 18.8 Å². The first-order valence-electron chi connectivity index (χ1n) is 8.40. The lowest BCUT2D eigenvalue weighted by Gasteiger charge is -2.28. The number of ether oxygens (including phenoxy) is 1. The van der Waals surface area contributed by atoms with Crippen LogP contribution in [0.3, 0.4) is 0 Å². The van der Waals surface area contributed by atoms with Crippen LogP contribution < -0.4 is 10.1 Å². The van der Waals surface area contributed by atoms with Crippen LogP contribution in [0.15, 0.2) is 60.7 Å². The lowest BCUT2D eigenvalue weighted by atomic mass is 10.1. The van der Waals surface area contributed by atoms with Crippen LogP contribution in [0.4, 0.5) is 0 Å². The first-order chi connectivity index (χ1) is 12.1. The Kier molecular flexibility index (Phi) is 7.01. The summed E-state index contributed by atoms with van der Waals surface area (Å²) >= 11 is 0. The molecule has 1 atom stereocenters. The number of para-hydroxylation sites is 1. The van der Waals surface area contributed by atoms with Crippen LogP contribution in [0.2, 0.25) is 0 Å². The highest BCUT2D eigenvalue weighted by atomic mass is 16.5. The molecule has 0 aliphatic heterocycles.